The van der Waals surface area contributed by atoms with E-state index in [-0.39, 0.29) is 12.4 Å². The third-order valence-corrected chi connectivity index (χ3v) is 3.63. The zero-order chi connectivity index (χ0) is 10.8. The monoisotopic (exact) mass is 271 g/mol. The number of thiophene rings is 1. The Balaban J connectivity index is 0.00000108. The molecular weight excluding hydrogens is 258 g/mol. The molecule has 1 aliphatic heterocycles. The molecule has 0 amide bonds. The SMILES string of the molecule is Cl.c1csc(Cc2noc(CC3CNC3)n2)c1. The Kier molecular flexibility index (Phi) is 4.15. The van der Waals surface area contributed by atoms with Crippen molar-refractivity contribution in [3.8, 4) is 0 Å². The van der Waals surface area contributed by atoms with Crippen molar-refractivity contribution in [2.45, 2.75) is 12.8 Å². The first kappa shape index (κ1) is 12.5. The van der Waals surface area contributed by atoms with Crippen molar-refractivity contribution in [3.63, 3.8) is 0 Å². The molecule has 4 nitrogen and oxygen atoms in total. The second-order valence-corrected chi connectivity index (χ2v) is 5.12. The number of nitrogens with zero attached hydrogens (tertiary/aromatic N) is 2. The molecule has 3 rings (SSSR count). The molecule has 0 spiro atoms. The van der Waals surface area contributed by atoms with Gasteiger partial charge in [-0.15, -0.1) is 23.7 Å². The predicted molar refractivity (Wildman–Crippen MR) is 68.7 cm³/mol. The molecule has 0 atom stereocenters. The van der Waals surface area contributed by atoms with Crippen LogP contribution in [0.15, 0.2) is 22.0 Å². The molecule has 2 aromatic rings. The van der Waals surface area contributed by atoms with E-state index in [1.165, 1.54) is 4.88 Å². The van der Waals surface area contributed by atoms with Crippen molar-refractivity contribution in [1.82, 2.24) is 15.5 Å². The molecule has 0 aromatic carbocycles. The molecule has 1 aliphatic rings. The molecule has 17 heavy (non-hydrogen) atoms. The molecule has 1 saturated heterocycles. The van der Waals surface area contributed by atoms with Crippen LogP contribution in [0.5, 0.6) is 0 Å². The summed E-state index contributed by atoms with van der Waals surface area (Å²) in [5.41, 5.74) is 0. The average Bonchev–Trinajstić information content (AvgIpc) is 2.84. The molecule has 0 unspecified atom stereocenters. The summed E-state index contributed by atoms with van der Waals surface area (Å²) in [6.07, 6.45) is 1.69. The van der Waals surface area contributed by atoms with Crippen molar-refractivity contribution in [1.29, 1.82) is 0 Å². The minimum Gasteiger partial charge on any atom is -0.339 e. The van der Waals surface area contributed by atoms with Gasteiger partial charge in [0, 0.05) is 17.7 Å². The van der Waals surface area contributed by atoms with E-state index in [1.807, 2.05) is 6.07 Å². The van der Waals surface area contributed by atoms with Crippen LogP contribution in [0.2, 0.25) is 0 Å². The van der Waals surface area contributed by atoms with Gasteiger partial charge >= 0.3 is 0 Å². The lowest BCUT2D eigenvalue weighted by Gasteiger charge is -2.25. The summed E-state index contributed by atoms with van der Waals surface area (Å²) in [5, 5.41) is 9.30. The van der Waals surface area contributed by atoms with Crippen LogP contribution in [0, 0.1) is 5.92 Å². The molecule has 0 saturated carbocycles. The normalized spacial score (nSPS) is 15.3. The first-order chi connectivity index (χ1) is 7.90. The molecule has 1 N–H and O–H groups in total. The Hall–Kier alpha value is -0.910. The molecule has 92 valence electrons. The smallest absolute Gasteiger partial charge is 0.227 e. The van der Waals surface area contributed by atoms with E-state index in [0.717, 1.165) is 37.6 Å². The summed E-state index contributed by atoms with van der Waals surface area (Å²) in [4.78, 5) is 5.68. The number of rotatable bonds is 4. The Bertz CT molecular complexity index is 453. The van der Waals surface area contributed by atoms with Crippen LogP contribution in [0.3, 0.4) is 0 Å². The number of halogens is 1. The number of aromatic nitrogens is 2. The van der Waals surface area contributed by atoms with Crippen molar-refractivity contribution < 1.29 is 4.52 Å². The standard InChI is InChI=1S/C11H13N3OS.ClH/c1-2-9(16-3-1)5-10-13-11(15-14-10)4-8-6-12-7-8;/h1-3,8,12H,4-7H2;1H. The van der Waals surface area contributed by atoms with Crippen LogP contribution in [0.1, 0.15) is 16.6 Å². The van der Waals surface area contributed by atoms with Crippen LogP contribution in [0.25, 0.3) is 0 Å². The summed E-state index contributed by atoms with van der Waals surface area (Å²) < 4.78 is 5.24. The highest BCUT2D eigenvalue weighted by atomic mass is 35.5. The highest BCUT2D eigenvalue weighted by Crippen LogP contribution is 2.15. The van der Waals surface area contributed by atoms with Crippen LogP contribution < -0.4 is 5.32 Å². The van der Waals surface area contributed by atoms with E-state index in [4.69, 9.17) is 4.52 Å². The van der Waals surface area contributed by atoms with Gasteiger partial charge in [0.2, 0.25) is 5.89 Å². The largest absolute Gasteiger partial charge is 0.339 e. The molecule has 1 fully saturated rings. The second kappa shape index (κ2) is 5.62. The molecule has 3 heterocycles. The van der Waals surface area contributed by atoms with Crippen molar-refractivity contribution in [2.24, 2.45) is 5.92 Å². The van der Waals surface area contributed by atoms with E-state index in [9.17, 15) is 0 Å². The van der Waals surface area contributed by atoms with E-state index >= 15 is 0 Å². The van der Waals surface area contributed by atoms with Gasteiger partial charge in [-0.3, -0.25) is 0 Å². The lowest BCUT2D eigenvalue weighted by atomic mass is 10.00. The third kappa shape index (κ3) is 3.06. The van der Waals surface area contributed by atoms with Gasteiger partial charge in [-0.1, -0.05) is 11.2 Å². The third-order valence-electron chi connectivity index (χ3n) is 2.75. The maximum absolute atomic E-state index is 5.24. The lowest BCUT2D eigenvalue weighted by molar-refractivity contribution is 0.295. The van der Waals surface area contributed by atoms with Crippen LogP contribution in [-0.4, -0.2) is 23.2 Å². The van der Waals surface area contributed by atoms with Gasteiger partial charge in [0.15, 0.2) is 5.82 Å². The first-order valence-electron chi connectivity index (χ1n) is 5.45. The Morgan fingerprint density at radius 1 is 1.47 bits per heavy atom. The minimum atomic E-state index is 0. The topological polar surface area (TPSA) is 51.0 Å². The molecule has 6 heteroatoms. The fraction of sp³-hybridized carbons (Fsp3) is 0.455. The van der Waals surface area contributed by atoms with Gasteiger partial charge in [0.25, 0.3) is 0 Å². The lowest BCUT2D eigenvalue weighted by Crippen LogP contribution is -2.43. The fourth-order valence-electron chi connectivity index (χ4n) is 1.75. The molecular formula is C11H14ClN3OS. The summed E-state index contributed by atoms with van der Waals surface area (Å²) in [7, 11) is 0. The zero-order valence-corrected chi connectivity index (χ0v) is 10.9. The molecule has 0 bridgehead atoms. The Morgan fingerprint density at radius 3 is 3.00 bits per heavy atom. The van der Waals surface area contributed by atoms with Crippen molar-refractivity contribution in [2.75, 3.05) is 13.1 Å². The zero-order valence-electron chi connectivity index (χ0n) is 9.26. The van der Waals surface area contributed by atoms with Gasteiger partial charge in [0.05, 0.1) is 0 Å². The van der Waals surface area contributed by atoms with Gasteiger partial charge in [-0.25, -0.2) is 0 Å². The van der Waals surface area contributed by atoms with Crippen molar-refractivity contribution in [3.05, 3.63) is 34.1 Å². The van der Waals surface area contributed by atoms with Gasteiger partial charge in [-0.05, 0) is 30.5 Å². The maximum atomic E-state index is 5.24. The molecule has 0 aliphatic carbocycles. The van der Waals surface area contributed by atoms with E-state index in [1.54, 1.807) is 11.3 Å². The Morgan fingerprint density at radius 2 is 2.35 bits per heavy atom. The van der Waals surface area contributed by atoms with Crippen LogP contribution in [-0.2, 0) is 12.8 Å². The first-order valence-corrected chi connectivity index (χ1v) is 6.32. The summed E-state index contributed by atoms with van der Waals surface area (Å²) in [6.45, 7) is 2.14. The van der Waals surface area contributed by atoms with Crippen LogP contribution in [0.4, 0.5) is 0 Å². The number of hydrogen-bond acceptors (Lipinski definition) is 5. The Labute approximate surface area is 110 Å². The highest BCUT2D eigenvalue weighted by molar-refractivity contribution is 7.09. The summed E-state index contributed by atoms with van der Waals surface area (Å²) >= 11 is 1.72. The van der Waals surface area contributed by atoms with Gasteiger partial charge in [0.1, 0.15) is 0 Å². The number of hydrogen-bond donors (Lipinski definition) is 1. The van der Waals surface area contributed by atoms with Crippen molar-refractivity contribution >= 4 is 23.7 Å². The highest BCUT2D eigenvalue weighted by Gasteiger charge is 2.20. The van der Waals surface area contributed by atoms with Gasteiger partial charge < -0.3 is 9.84 Å². The molecule has 0 radical (unpaired) electrons. The number of nitrogens with one attached hydrogen (secondary N) is 1. The van der Waals surface area contributed by atoms with E-state index < -0.39 is 0 Å². The summed E-state index contributed by atoms with van der Waals surface area (Å²) in [6, 6.07) is 4.14. The minimum absolute atomic E-state index is 0. The van der Waals surface area contributed by atoms with E-state index in [0.29, 0.717) is 5.92 Å². The molecule has 2 aromatic heterocycles. The van der Waals surface area contributed by atoms with E-state index in [2.05, 4.69) is 26.9 Å². The second-order valence-electron chi connectivity index (χ2n) is 4.09. The fourth-order valence-corrected chi connectivity index (χ4v) is 2.46. The quantitative estimate of drug-likeness (QED) is 0.923. The van der Waals surface area contributed by atoms with Crippen LogP contribution >= 0.6 is 23.7 Å². The maximum Gasteiger partial charge on any atom is 0.227 e. The van der Waals surface area contributed by atoms with Gasteiger partial charge in [-0.2, -0.15) is 4.98 Å². The summed E-state index contributed by atoms with van der Waals surface area (Å²) in [5.74, 6) is 2.25. The average molecular weight is 272 g/mol. The predicted octanol–water partition coefficient (Wildman–Crippen LogP) is 1.91.